The monoisotopic (exact) mass is 1460 g/mol. The van der Waals surface area contributed by atoms with Gasteiger partial charge in [-0.3, -0.25) is 19.2 Å². The Morgan fingerprint density at radius 2 is 0.970 bits per heavy atom. The number of aromatic nitrogens is 4. The third kappa shape index (κ3) is 15.9. The minimum Gasteiger partial charge on any atom is -0.540 e. The number of alkyl halides is 4. The number of halogens is 4. The van der Waals surface area contributed by atoms with Gasteiger partial charge >= 0.3 is 11.9 Å². The fraction of sp³-hybridized carbons (Fsp3) is 0.711. The molecule has 544 valence electrons. The first-order chi connectivity index (χ1) is 47.0. The molecule has 0 spiro atoms. The van der Waals surface area contributed by atoms with Crippen LogP contribution in [0.2, 0.25) is 0 Å². The molecular weight excluding hydrogens is 1370 g/mol. The third-order valence-electron chi connectivity index (χ3n) is 24.7. The van der Waals surface area contributed by atoms with Crippen LogP contribution in [0, 0.1) is 58.2 Å². The van der Waals surface area contributed by atoms with E-state index in [0.717, 1.165) is 89.9 Å². The number of fused-ring (bicyclic) bond motifs is 12. The molecule has 6 heterocycles. The second-order valence-electron chi connectivity index (χ2n) is 30.8. The van der Waals surface area contributed by atoms with Crippen molar-refractivity contribution in [2.45, 2.75) is 256 Å². The summed E-state index contributed by atoms with van der Waals surface area (Å²) in [6.07, 6.45) is 18.5. The number of amides is 2. The maximum absolute atomic E-state index is 16.2. The van der Waals surface area contributed by atoms with E-state index in [4.69, 9.17) is 28.4 Å². The summed E-state index contributed by atoms with van der Waals surface area (Å²) in [5, 5.41) is 0. The van der Waals surface area contributed by atoms with Crippen molar-refractivity contribution in [1.29, 1.82) is 0 Å². The zero-order chi connectivity index (χ0) is 69.5. The minimum absolute atomic E-state index is 0. The molecule has 4 aromatic rings. The summed E-state index contributed by atoms with van der Waals surface area (Å²) in [6, 6.07) is 7.81. The fourth-order valence-corrected chi connectivity index (χ4v) is 18.7. The van der Waals surface area contributed by atoms with Crippen molar-refractivity contribution in [3.8, 4) is 23.3 Å². The van der Waals surface area contributed by atoms with Crippen molar-refractivity contribution >= 4 is 58.4 Å². The summed E-state index contributed by atoms with van der Waals surface area (Å²) in [6.45, 7) is 9.81. The van der Waals surface area contributed by atoms with Crippen LogP contribution < -0.4 is 18.9 Å². The van der Waals surface area contributed by atoms with Gasteiger partial charge < -0.3 is 47.8 Å². The first kappa shape index (κ1) is 77.1. The molecule has 24 heteroatoms. The van der Waals surface area contributed by atoms with E-state index in [1.807, 2.05) is 20.8 Å². The molecule has 2 amide bonds. The van der Waals surface area contributed by atoms with Crippen LogP contribution in [0.15, 0.2) is 36.4 Å². The molecular formula is C76H98F4N6O12V2-2. The van der Waals surface area contributed by atoms with Gasteiger partial charge in [0, 0.05) is 62.1 Å². The molecule has 14 atom stereocenters. The molecule has 100 heavy (non-hydrogen) atoms. The molecule has 4 aliphatic heterocycles. The Bertz CT molecular complexity index is 3490. The van der Waals surface area contributed by atoms with Crippen LogP contribution in [-0.4, -0.2) is 129 Å². The Hall–Kier alpha value is -5.57. The average Bonchev–Trinajstić information content (AvgIpc) is 1.55. The summed E-state index contributed by atoms with van der Waals surface area (Å²) in [5.41, 5.74) is -1.48. The maximum Gasteiger partial charge on any atom is 0.307 e. The van der Waals surface area contributed by atoms with Gasteiger partial charge in [-0.1, -0.05) is 104 Å². The van der Waals surface area contributed by atoms with E-state index in [2.05, 4.69) is 46.4 Å². The van der Waals surface area contributed by atoms with Crippen LogP contribution in [0.1, 0.15) is 219 Å². The maximum atomic E-state index is 16.2. The Balaban J connectivity index is 0.000000212. The molecule has 2 saturated heterocycles. The number of carbonyl (C=O) groups excluding carboxylic acids is 6. The van der Waals surface area contributed by atoms with Crippen molar-refractivity contribution in [2.75, 3.05) is 27.3 Å². The minimum atomic E-state index is -3.36. The van der Waals surface area contributed by atoms with Crippen LogP contribution in [0.4, 0.5) is 17.6 Å². The van der Waals surface area contributed by atoms with Crippen LogP contribution >= 0.6 is 0 Å². The van der Waals surface area contributed by atoms with Gasteiger partial charge in [-0.25, -0.2) is 32.5 Å². The molecule has 2 radical (unpaired) electrons. The van der Waals surface area contributed by atoms with Crippen molar-refractivity contribution in [3.63, 3.8) is 0 Å². The Labute approximate surface area is 608 Å². The van der Waals surface area contributed by atoms with E-state index in [1.165, 1.54) is 24.0 Å². The Morgan fingerprint density at radius 3 is 1.43 bits per heavy atom. The Morgan fingerprint density at radius 1 is 0.520 bits per heavy atom. The van der Waals surface area contributed by atoms with Gasteiger partial charge in [-0.15, -0.1) is 0 Å². The smallest absolute Gasteiger partial charge is 0.307 e. The first-order valence-electron chi connectivity index (χ1n) is 36.6. The second-order valence-corrected chi connectivity index (χ2v) is 30.8. The summed E-state index contributed by atoms with van der Waals surface area (Å²) < 4.78 is 101. The number of rotatable bonds is 8. The SMILES string of the molecule is CC[C@@H]1[C@@H]2CN(C(=O)[C@H](C3(C)CCCCC3)CC(=O)O[C@@H]3CC4CC4[C@H]3CCCCC(F)(F)c3nc4ccc(OC)cc4nc3O2)[C@@H]1[C-]=O.CC[C@@H]1[C@@H]2CN(C(=O)[C@H](C3(C)CCCCC3)CC(=O)O[C@]3(C)CCC[C@H]3CCCCC(F)(F)c3nc4ccc(OC)cc4nc3O2)[C@@H]1[C-]=O.[V].[V]. The van der Waals surface area contributed by atoms with Crippen LogP contribution in [-0.2, 0) is 87.2 Å². The normalized spacial score (nSPS) is 32.7. The van der Waals surface area contributed by atoms with Crippen molar-refractivity contribution in [2.24, 2.45) is 58.2 Å². The largest absolute Gasteiger partial charge is 0.540 e. The summed E-state index contributed by atoms with van der Waals surface area (Å²) in [5.74, 6) is -9.04. The van der Waals surface area contributed by atoms with E-state index in [0.29, 0.717) is 84.8 Å². The van der Waals surface area contributed by atoms with E-state index in [1.54, 1.807) is 36.4 Å². The number of nitrogens with zero attached hydrogens (tertiary/aromatic N) is 6. The number of carbonyl (C=O) groups is 4. The zero-order valence-electron chi connectivity index (χ0n) is 59.0. The van der Waals surface area contributed by atoms with Gasteiger partial charge in [0.05, 0.1) is 74.1 Å². The molecule has 13 rings (SSSR count). The Kier molecular flexibility index (Phi) is 24.5. The van der Waals surface area contributed by atoms with Gasteiger partial charge in [-0.2, -0.15) is 17.6 Å². The average molecular weight is 1470 g/mol. The van der Waals surface area contributed by atoms with Gasteiger partial charge in [0.25, 0.3) is 11.8 Å². The molecule has 2 aromatic heterocycles. The molecule has 9 aliphatic rings. The van der Waals surface area contributed by atoms with Gasteiger partial charge in [0.2, 0.25) is 23.6 Å². The van der Waals surface area contributed by atoms with E-state index in [-0.39, 0.29) is 129 Å². The first-order valence-corrected chi connectivity index (χ1v) is 36.6. The predicted octanol–water partition coefficient (Wildman–Crippen LogP) is 14.4. The molecule has 2 aromatic carbocycles. The molecule has 18 nitrogen and oxygen atoms in total. The van der Waals surface area contributed by atoms with Gasteiger partial charge in [0.1, 0.15) is 35.4 Å². The molecule has 2 unspecified atom stereocenters. The third-order valence-corrected chi connectivity index (χ3v) is 24.7. The zero-order valence-corrected chi connectivity index (χ0v) is 61.8. The summed E-state index contributed by atoms with van der Waals surface area (Å²) in [7, 11) is 3.02. The number of esters is 2. The van der Waals surface area contributed by atoms with Crippen LogP contribution in [0.3, 0.4) is 0 Å². The van der Waals surface area contributed by atoms with Gasteiger partial charge in [-0.05, 0) is 161 Å². The fourth-order valence-electron chi connectivity index (χ4n) is 18.7. The van der Waals surface area contributed by atoms with Crippen LogP contribution in [0.5, 0.6) is 23.3 Å². The quantitative estimate of drug-likeness (QED) is 0.0910. The van der Waals surface area contributed by atoms with Crippen molar-refractivity contribution < 1.29 is 112 Å². The standard InChI is InChI=1S/C38H48F2N3O6.C38H50F2N3O6.2V/c1-4-24-30(21-44)43-20-32(24)49-35-34(41-28-12-11-23(47-3)18-29(28)42-35)38(39,40)15-9-6-10-25-26-16-22(26)17-31(25)48-33(45)19-27(36(43)46)37(2)13-7-5-8-14-37;1-5-26-30(23-44)43-22-31(26)48-34-33(41-28-15-14-25(47-4)20-29(28)42-34)38(39,40)19-10-7-12-24-13-11-18-37(24,3)49-32(45)21-27(35(43)46)36(2)16-8-6-9-17-36;;/h11-12,18,22,24-27,30-32H,4-10,13-17,19-20H2,1-3H3;14-15,20,24,26-27,30-31H,5-13,16-19,21-22H2,1-4H3;;/q2*-1;;/t22?,24-,25+,26?,27+,30+,31+,32-;24-,26+,27-,30-,31+,37-;;/m01../s1. The van der Waals surface area contributed by atoms with Crippen molar-refractivity contribution in [1.82, 2.24) is 29.7 Å². The van der Waals surface area contributed by atoms with Crippen LogP contribution in [0.25, 0.3) is 22.1 Å². The number of hydrogen-bond acceptors (Lipinski definition) is 16. The number of benzene rings is 2. The molecule has 5 aliphatic carbocycles. The van der Waals surface area contributed by atoms with Gasteiger partial charge in [0.15, 0.2) is 11.4 Å². The van der Waals surface area contributed by atoms with E-state index < -0.39 is 106 Å². The predicted molar refractivity (Wildman–Crippen MR) is 356 cm³/mol. The number of ether oxygens (including phenoxy) is 6. The second kappa shape index (κ2) is 31.8. The molecule has 0 N–H and O–H groups in total. The van der Waals surface area contributed by atoms with E-state index >= 15 is 17.6 Å². The number of methoxy groups -OCH3 is 2. The molecule has 4 bridgehead atoms. The topological polar surface area (TPSA) is 216 Å². The summed E-state index contributed by atoms with van der Waals surface area (Å²) in [4.78, 5) is 103. The van der Waals surface area contributed by atoms with Crippen molar-refractivity contribution in [3.05, 3.63) is 47.8 Å². The molecule has 5 saturated carbocycles. The molecule has 7 fully saturated rings. The van der Waals surface area contributed by atoms with E-state index in [9.17, 15) is 28.8 Å². The number of hydrogen-bond donors (Lipinski definition) is 0. The summed E-state index contributed by atoms with van der Waals surface area (Å²) >= 11 is 0.